The zero-order valence-corrected chi connectivity index (χ0v) is 17.2. The Balaban J connectivity index is 1.47. The second-order valence-corrected chi connectivity index (χ2v) is 9.34. The molecular weight excluding hydrogens is 390 g/mol. The highest BCUT2D eigenvalue weighted by molar-refractivity contribution is 6.31. The van der Waals surface area contributed by atoms with Crippen LogP contribution in [0.2, 0.25) is 5.02 Å². The Kier molecular flexibility index (Phi) is 5.44. The Hall–Kier alpha value is -2.26. The van der Waals surface area contributed by atoms with Crippen molar-refractivity contribution in [1.82, 2.24) is 4.90 Å². The molecular formula is C22H26ClN3O3. The number of hydrogen-bond donors (Lipinski definition) is 1. The molecule has 1 aromatic rings. The van der Waals surface area contributed by atoms with Gasteiger partial charge in [-0.15, -0.1) is 0 Å². The normalized spacial score (nSPS) is 29.3. The Morgan fingerprint density at radius 1 is 1.21 bits per heavy atom. The van der Waals surface area contributed by atoms with Crippen molar-refractivity contribution in [2.45, 2.75) is 50.5 Å². The Morgan fingerprint density at radius 3 is 2.38 bits per heavy atom. The fourth-order valence-electron chi connectivity index (χ4n) is 6.19. The highest BCUT2D eigenvalue weighted by Crippen LogP contribution is 2.57. The average molecular weight is 416 g/mol. The monoisotopic (exact) mass is 415 g/mol. The van der Waals surface area contributed by atoms with Gasteiger partial charge in [-0.05, 0) is 74.5 Å². The highest BCUT2D eigenvalue weighted by atomic mass is 35.5. The summed E-state index contributed by atoms with van der Waals surface area (Å²) in [7, 11) is 0. The third-order valence-electron chi connectivity index (χ3n) is 6.89. The van der Waals surface area contributed by atoms with Crippen LogP contribution in [0.4, 0.5) is 5.69 Å². The molecule has 7 heteroatoms. The van der Waals surface area contributed by atoms with Crippen LogP contribution in [0.5, 0.6) is 0 Å². The van der Waals surface area contributed by atoms with Gasteiger partial charge in [0.2, 0.25) is 0 Å². The van der Waals surface area contributed by atoms with E-state index in [0.717, 1.165) is 19.3 Å². The third-order valence-corrected chi connectivity index (χ3v) is 7.12. The van der Waals surface area contributed by atoms with E-state index in [-0.39, 0.29) is 35.7 Å². The number of benzene rings is 1. The van der Waals surface area contributed by atoms with Gasteiger partial charge >= 0.3 is 5.97 Å². The maximum Gasteiger partial charge on any atom is 0.340 e. The van der Waals surface area contributed by atoms with Crippen LogP contribution in [-0.4, -0.2) is 35.5 Å². The lowest BCUT2D eigenvalue weighted by atomic mass is 9.52. The first-order chi connectivity index (χ1) is 13.9. The van der Waals surface area contributed by atoms with Gasteiger partial charge in [0, 0.05) is 22.8 Å². The second kappa shape index (κ2) is 7.87. The molecule has 4 bridgehead atoms. The van der Waals surface area contributed by atoms with Gasteiger partial charge in [0.25, 0.3) is 5.91 Å². The molecule has 0 aliphatic heterocycles. The Bertz CT molecular complexity index is 828. The number of nitriles is 1. The molecule has 0 radical (unpaired) electrons. The van der Waals surface area contributed by atoms with Crippen molar-refractivity contribution in [3.63, 3.8) is 0 Å². The van der Waals surface area contributed by atoms with Crippen LogP contribution in [-0.2, 0) is 9.53 Å². The van der Waals surface area contributed by atoms with Crippen molar-refractivity contribution < 1.29 is 14.3 Å². The van der Waals surface area contributed by atoms with Gasteiger partial charge in [-0.25, -0.2) is 4.79 Å². The number of ether oxygens (including phenoxy) is 1. The number of hydrogen-bond acceptors (Lipinski definition) is 5. The van der Waals surface area contributed by atoms with E-state index in [2.05, 4.69) is 6.07 Å². The van der Waals surface area contributed by atoms with E-state index >= 15 is 0 Å². The zero-order chi connectivity index (χ0) is 20.6. The minimum atomic E-state index is -0.640. The summed E-state index contributed by atoms with van der Waals surface area (Å²) in [5.74, 6) is 1.17. The summed E-state index contributed by atoms with van der Waals surface area (Å²) in [5, 5.41) is 9.53. The van der Waals surface area contributed by atoms with Crippen LogP contribution >= 0.6 is 11.6 Å². The molecule has 2 N–H and O–H groups in total. The van der Waals surface area contributed by atoms with E-state index in [1.165, 1.54) is 31.4 Å². The van der Waals surface area contributed by atoms with Gasteiger partial charge in [0.15, 0.2) is 6.61 Å². The molecule has 0 unspecified atom stereocenters. The molecule has 0 saturated heterocycles. The quantitative estimate of drug-likeness (QED) is 0.563. The number of rotatable bonds is 6. The van der Waals surface area contributed by atoms with Gasteiger partial charge in [0.1, 0.15) is 0 Å². The van der Waals surface area contributed by atoms with Crippen molar-refractivity contribution in [2.75, 3.05) is 18.9 Å². The van der Waals surface area contributed by atoms with E-state index in [1.807, 2.05) is 4.90 Å². The topological polar surface area (TPSA) is 96.4 Å². The molecule has 6 nitrogen and oxygen atoms in total. The first-order valence-electron chi connectivity index (χ1n) is 10.3. The molecule has 154 valence electrons. The predicted octanol–water partition coefficient (Wildman–Crippen LogP) is 3.79. The van der Waals surface area contributed by atoms with Gasteiger partial charge in [0.05, 0.1) is 18.1 Å². The van der Waals surface area contributed by atoms with Crippen LogP contribution < -0.4 is 5.73 Å². The molecule has 1 aromatic carbocycles. The second-order valence-electron chi connectivity index (χ2n) is 8.90. The van der Waals surface area contributed by atoms with Crippen LogP contribution in [0.15, 0.2) is 18.2 Å². The molecule has 5 rings (SSSR count). The summed E-state index contributed by atoms with van der Waals surface area (Å²) in [6.07, 6.45) is 7.11. The lowest BCUT2D eigenvalue weighted by Gasteiger charge is -2.60. The molecule has 0 aromatic heterocycles. The number of carbonyl (C=O) groups is 2. The first-order valence-corrected chi connectivity index (χ1v) is 10.7. The van der Waals surface area contributed by atoms with Crippen LogP contribution in [0.3, 0.4) is 0 Å². The van der Waals surface area contributed by atoms with Gasteiger partial charge < -0.3 is 15.4 Å². The van der Waals surface area contributed by atoms with Crippen LogP contribution in [0.1, 0.15) is 55.3 Å². The summed E-state index contributed by atoms with van der Waals surface area (Å²) < 4.78 is 5.30. The third kappa shape index (κ3) is 3.93. The number of nitrogens with zero attached hydrogens (tertiary/aromatic N) is 2. The number of nitrogens with two attached hydrogens (primary N) is 1. The maximum absolute atomic E-state index is 13.1. The van der Waals surface area contributed by atoms with E-state index in [1.54, 1.807) is 6.07 Å². The van der Waals surface area contributed by atoms with E-state index in [9.17, 15) is 9.59 Å². The molecule has 0 heterocycles. The first kappa shape index (κ1) is 20.0. The van der Waals surface area contributed by atoms with E-state index in [4.69, 9.17) is 27.3 Å². The highest BCUT2D eigenvalue weighted by Gasteiger charge is 2.54. The number of amides is 1. The molecule has 4 aliphatic carbocycles. The lowest BCUT2D eigenvalue weighted by Crippen LogP contribution is -2.62. The van der Waals surface area contributed by atoms with Gasteiger partial charge in [-0.3, -0.25) is 4.79 Å². The minimum Gasteiger partial charge on any atom is -0.452 e. The summed E-state index contributed by atoms with van der Waals surface area (Å²) in [6.45, 7) is 0.0518. The summed E-state index contributed by atoms with van der Waals surface area (Å²) >= 11 is 5.87. The van der Waals surface area contributed by atoms with Crippen LogP contribution in [0.25, 0.3) is 0 Å². The SMILES string of the molecule is N#CCCN(C(=O)COC(=O)c1ccc(Cl)cc1N)C12CC3CC(CC(C3)C1)C2. The minimum absolute atomic E-state index is 0.172. The number of nitrogen functional groups attached to an aromatic ring is 1. The Labute approximate surface area is 175 Å². The molecule has 0 spiro atoms. The van der Waals surface area contributed by atoms with Gasteiger partial charge in [-0.2, -0.15) is 5.26 Å². The average Bonchev–Trinajstić information content (AvgIpc) is 2.65. The van der Waals surface area contributed by atoms with Crippen molar-refractivity contribution >= 4 is 29.2 Å². The summed E-state index contributed by atoms with van der Waals surface area (Å²) in [5.41, 5.74) is 6.08. The number of carbonyl (C=O) groups excluding carboxylic acids is 2. The zero-order valence-electron chi connectivity index (χ0n) is 16.4. The molecule has 4 aliphatic rings. The molecule has 29 heavy (non-hydrogen) atoms. The van der Waals surface area contributed by atoms with Crippen molar-refractivity contribution in [3.8, 4) is 6.07 Å². The Morgan fingerprint density at radius 2 is 1.83 bits per heavy atom. The molecule has 4 fully saturated rings. The molecule has 4 saturated carbocycles. The summed E-state index contributed by atoms with van der Waals surface area (Å²) in [4.78, 5) is 27.4. The smallest absolute Gasteiger partial charge is 0.340 e. The predicted molar refractivity (Wildman–Crippen MR) is 109 cm³/mol. The van der Waals surface area contributed by atoms with Crippen molar-refractivity contribution in [3.05, 3.63) is 28.8 Å². The maximum atomic E-state index is 13.1. The lowest BCUT2D eigenvalue weighted by molar-refractivity contribution is -0.153. The standard InChI is InChI=1S/C22H26ClN3O3/c23-17-2-3-18(19(25)9-17)21(28)29-13-20(27)26(5-1-4-24)22-10-14-6-15(11-22)8-16(7-14)12-22/h2-3,9,14-16H,1,5-8,10-13,25H2. The molecule has 0 atom stereocenters. The largest absolute Gasteiger partial charge is 0.452 e. The van der Waals surface area contributed by atoms with Gasteiger partial charge in [-0.1, -0.05) is 11.6 Å². The van der Waals surface area contributed by atoms with E-state index in [0.29, 0.717) is 29.3 Å². The number of anilines is 1. The van der Waals surface area contributed by atoms with E-state index < -0.39 is 5.97 Å². The van der Waals surface area contributed by atoms with Crippen molar-refractivity contribution in [2.24, 2.45) is 17.8 Å². The van der Waals surface area contributed by atoms with Crippen LogP contribution in [0, 0.1) is 29.1 Å². The number of halogens is 1. The number of esters is 1. The molecule has 1 amide bonds. The summed E-state index contributed by atoms with van der Waals surface area (Å²) in [6, 6.07) is 6.70. The fourth-order valence-corrected chi connectivity index (χ4v) is 6.37. The fraction of sp³-hybridized carbons (Fsp3) is 0.591. The van der Waals surface area contributed by atoms with Crippen molar-refractivity contribution in [1.29, 1.82) is 5.26 Å².